The van der Waals surface area contributed by atoms with Gasteiger partial charge in [0.15, 0.2) is 5.43 Å². The van der Waals surface area contributed by atoms with Crippen molar-refractivity contribution in [3.63, 3.8) is 0 Å². The zero-order valence-corrected chi connectivity index (χ0v) is 19.8. The lowest BCUT2D eigenvalue weighted by Gasteiger charge is -2.26. The summed E-state index contributed by atoms with van der Waals surface area (Å²) in [5.41, 5.74) is 2.05. The van der Waals surface area contributed by atoms with E-state index in [1.807, 2.05) is 45.3 Å². The van der Waals surface area contributed by atoms with Gasteiger partial charge in [0.05, 0.1) is 17.0 Å². The van der Waals surface area contributed by atoms with Crippen LogP contribution in [0, 0.1) is 6.92 Å². The number of benzene rings is 2. The Balaban J connectivity index is 1.87. The summed E-state index contributed by atoms with van der Waals surface area (Å²) in [6.45, 7) is 7.18. The number of nitrogens with zero attached hydrogens (tertiary/aromatic N) is 2. The van der Waals surface area contributed by atoms with E-state index in [0.29, 0.717) is 40.5 Å². The molecule has 0 fully saturated rings. The van der Waals surface area contributed by atoms with Gasteiger partial charge in [0, 0.05) is 11.6 Å². The maximum atomic E-state index is 13.6. The Bertz CT molecular complexity index is 1280. The first kappa shape index (κ1) is 23.1. The second-order valence-corrected chi connectivity index (χ2v) is 8.91. The predicted molar refractivity (Wildman–Crippen MR) is 130 cm³/mol. The lowest BCUT2D eigenvalue weighted by molar-refractivity contribution is 0.0722. The first-order chi connectivity index (χ1) is 15.8. The zero-order valence-electron chi connectivity index (χ0n) is 19.1. The highest BCUT2D eigenvalue weighted by Gasteiger charge is 2.42. The van der Waals surface area contributed by atoms with Gasteiger partial charge in [-0.2, -0.15) is 0 Å². The lowest BCUT2D eigenvalue weighted by Crippen LogP contribution is -2.32. The van der Waals surface area contributed by atoms with Crippen molar-refractivity contribution in [3.05, 3.63) is 86.7 Å². The minimum atomic E-state index is -0.567. The molecule has 0 bridgehead atoms. The molecule has 7 heteroatoms. The topological polar surface area (TPSA) is 63.0 Å². The van der Waals surface area contributed by atoms with Gasteiger partial charge < -0.3 is 19.0 Å². The van der Waals surface area contributed by atoms with Crippen molar-refractivity contribution >= 4 is 28.5 Å². The molecule has 1 aromatic heterocycles. The summed E-state index contributed by atoms with van der Waals surface area (Å²) in [5.74, 6) is 0.463. The average molecular weight is 467 g/mol. The Labute approximate surface area is 198 Å². The van der Waals surface area contributed by atoms with Crippen LogP contribution in [-0.2, 0) is 0 Å². The first-order valence-corrected chi connectivity index (χ1v) is 11.3. The summed E-state index contributed by atoms with van der Waals surface area (Å²) in [6.07, 6.45) is 2.43. The Kier molecular flexibility index (Phi) is 6.58. The monoisotopic (exact) mass is 466 g/mol. The zero-order chi connectivity index (χ0) is 23.7. The van der Waals surface area contributed by atoms with E-state index in [2.05, 4.69) is 11.5 Å². The van der Waals surface area contributed by atoms with Gasteiger partial charge in [-0.3, -0.25) is 9.59 Å². The normalized spacial score (nSPS) is 15.4. The quantitative estimate of drug-likeness (QED) is 0.445. The number of fused-ring (bicyclic) bond motifs is 2. The SMILES string of the molecule is C=CCOc1cccc(C2c3c(oc4cc(C)c(Cl)cc4c3=O)C(=O)N2CCCN(C)C)c1. The molecule has 2 aromatic carbocycles. The van der Waals surface area contributed by atoms with Crippen LogP contribution >= 0.6 is 11.6 Å². The molecule has 0 spiro atoms. The van der Waals surface area contributed by atoms with Crippen LogP contribution in [0.3, 0.4) is 0 Å². The average Bonchev–Trinajstić information content (AvgIpc) is 3.06. The van der Waals surface area contributed by atoms with Gasteiger partial charge in [0.1, 0.15) is 17.9 Å². The van der Waals surface area contributed by atoms with Crippen molar-refractivity contribution in [2.24, 2.45) is 0 Å². The van der Waals surface area contributed by atoms with Gasteiger partial charge in [0.2, 0.25) is 5.76 Å². The standard InChI is InChI=1S/C26H27ClN2O4/c1-5-12-32-18-9-6-8-17(14-18)23-22-24(30)19-15-20(27)16(2)13-21(19)33-25(22)26(31)29(23)11-7-10-28(3)4/h5-6,8-9,13-15,23H,1,7,10-12H2,2-4H3. The number of carbonyl (C=O) groups is 1. The predicted octanol–water partition coefficient (Wildman–Crippen LogP) is 4.82. The van der Waals surface area contributed by atoms with Crippen molar-refractivity contribution in [1.29, 1.82) is 0 Å². The van der Waals surface area contributed by atoms with Crippen LogP contribution in [-0.4, -0.2) is 49.5 Å². The smallest absolute Gasteiger partial charge is 0.290 e. The first-order valence-electron chi connectivity index (χ1n) is 10.9. The molecule has 0 N–H and O–H groups in total. The number of halogens is 1. The molecule has 0 saturated carbocycles. The van der Waals surface area contributed by atoms with Crippen molar-refractivity contribution in [2.75, 3.05) is 33.8 Å². The molecule has 2 heterocycles. The van der Waals surface area contributed by atoms with Gasteiger partial charge in [-0.1, -0.05) is 36.4 Å². The van der Waals surface area contributed by atoms with E-state index in [9.17, 15) is 9.59 Å². The Morgan fingerprint density at radius 2 is 2.03 bits per heavy atom. The van der Waals surface area contributed by atoms with Gasteiger partial charge >= 0.3 is 0 Å². The van der Waals surface area contributed by atoms with Crippen molar-refractivity contribution in [2.45, 2.75) is 19.4 Å². The van der Waals surface area contributed by atoms with E-state index in [1.165, 1.54) is 0 Å². The number of ether oxygens (including phenoxy) is 1. The summed E-state index contributed by atoms with van der Waals surface area (Å²) < 4.78 is 11.7. The van der Waals surface area contributed by atoms with Crippen molar-refractivity contribution < 1.29 is 13.9 Å². The van der Waals surface area contributed by atoms with Crippen molar-refractivity contribution in [1.82, 2.24) is 9.80 Å². The van der Waals surface area contributed by atoms with E-state index in [0.717, 1.165) is 24.1 Å². The number of hydrogen-bond acceptors (Lipinski definition) is 5. The van der Waals surface area contributed by atoms with Gasteiger partial charge in [-0.15, -0.1) is 0 Å². The minimum absolute atomic E-state index is 0.0986. The summed E-state index contributed by atoms with van der Waals surface area (Å²) in [4.78, 5) is 30.9. The molecule has 3 aromatic rings. The largest absolute Gasteiger partial charge is 0.490 e. The molecule has 1 aliphatic heterocycles. The highest BCUT2D eigenvalue weighted by Crippen LogP contribution is 2.39. The molecule has 172 valence electrons. The molecule has 33 heavy (non-hydrogen) atoms. The second-order valence-electron chi connectivity index (χ2n) is 8.50. The maximum absolute atomic E-state index is 13.6. The highest BCUT2D eigenvalue weighted by molar-refractivity contribution is 6.32. The van der Waals surface area contributed by atoms with Crippen molar-refractivity contribution in [3.8, 4) is 5.75 Å². The third-order valence-corrected chi connectivity index (χ3v) is 6.20. The molecule has 0 saturated heterocycles. The number of rotatable bonds is 8. The summed E-state index contributed by atoms with van der Waals surface area (Å²) in [6, 6.07) is 10.2. The van der Waals surface area contributed by atoms with Gasteiger partial charge in [0.25, 0.3) is 5.91 Å². The van der Waals surface area contributed by atoms with Crippen LogP contribution in [0.1, 0.15) is 39.7 Å². The molecule has 1 aliphatic rings. The molecule has 1 amide bonds. The molecule has 1 unspecified atom stereocenters. The van der Waals surface area contributed by atoms with E-state index >= 15 is 0 Å². The number of amides is 1. The van der Waals surface area contributed by atoms with E-state index in [4.69, 9.17) is 20.8 Å². The Morgan fingerprint density at radius 3 is 2.76 bits per heavy atom. The Hall–Kier alpha value is -3.09. The fraction of sp³-hybridized carbons (Fsp3) is 0.308. The fourth-order valence-electron chi connectivity index (χ4n) is 4.20. The fourth-order valence-corrected chi connectivity index (χ4v) is 4.37. The van der Waals surface area contributed by atoms with E-state index in [-0.39, 0.29) is 17.1 Å². The highest BCUT2D eigenvalue weighted by atomic mass is 35.5. The summed E-state index contributed by atoms with van der Waals surface area (Å²) in [7, 11) is 3.98. The van der Waals surface area contributed by atoms with E-state index < -0.39 is 6.04 Å². The summed E-state index contributed by atoms with van der Waals surface area (Å²) in [5, 5.41) is 0.856. The van der Waals surface area contributed by atoms with Crippen LogP contribution in [0.25, 0.3) is 11.0 Å². The molecule has 4 rings (SSSR count). The number of carbonyl (C=O) groups excluding carboxylic acids is 1. The van der Waals surface area contributed by atoms with Crippen LogP contribution < -0.4 is 10.2 Å². The van der Waals surface area contributed by atoms with Gasteiger partial charge in [-0.25, -0.2) is 0 Å². The molecular formula is C26H27ClN2O4. The molecular weight excluding hydrogens is 440 g/mol. The second kappa shape index (κ2) is 9.41. The van der Waals surface area contributed by atoms with Crippen LogP contribution in [0.2, 0.25) is 5.02 Å². The molecule has 6 nitrogen and oxygen atoms in total. The number of aryl methyl sites for hydroxylation is 1. The molecule has 0 radical (unpaired) electrons. The third-order valence-electron chi connectivity index (χ3n) is 5.79. The maximum Gasteiger partial charge on any atom is 0.290 e. The van der Waals surface area contributed by atoms with Crippen LogP contribution in [0.4, 0.5) is 0 Å². The van der Waals surface area contributed by atoms with E-state index in [1.54, 1.807) is 23.1 Å². The summed E-state index contributed by atoms with van der Waals surface area (Å²) >= 11 is 6.30. The minimum Gasteiger partial charge on any atom is -0.490 e. The van der Waals surface area contributed by atoms with Crippen LogP contribution in [0.5, 0.6) is 5.75 Å². The molecule has 0 aliphatic carbocycles. The Morgan fingerprint density at radius 1 is 1.24 bits per heavy atom. The third kappa shape index (κ3) is 4.41. The van der Waals surface area contributed by atoms with Crippen LogP contribution in [0.15, 0.2) is 58.3 Å². The molecule has 1 atom stereocenters. The number of hydrogen-bond donors (Lipinski definition) is 0. The van der Waals surface area contributed by atoms with Gasteiger partial charge in [-0.05, 0) is 69.4 Å². The lowest BCUT2D eigenvalue weighted by atomic mass is 9.98.